The number of nitrogens with one attached hydrogen (secondary N) is 1. The van der Waals surface area contributed by atoms with Gasteiger partial charge in [0.05, 0.1) is 21.5 Å². The van der Waals surface area contributed by atoms with E-state index in [1.165, 1.54) is 24.1 Å². The number of likely N-dealkylation sites (N-methyl/N-ethyl adjacent to an activating group) is 1. The average Bonchev–Trinajstić information content (AvgIpc) is 2.88. The number of halogens is 2. The minimum Gasteiger partial charge on any atom is -0.350 e. The van der Waals surface area contributed by atoms with E-state index in [1.807, 2.05) is 58.0 Å². The van der Waals surface area contributed by atoms with Crippen molar-refractivity contribution in [3.05, 3.63) is 99.5 Å². The Labute approximate surface area is 247 Å². The second-order valence-electron chi connectivity index (χ2n) is 10.8. The first kappa shape index (κ1) is 31.6. The van der Waals surface area contributed by atoms with Gasteiger partial charge >= 0.3 is 0 Å². The molecule has 3 rings (SSSR count). The van der Waals surface area contributed by atoms with E-state index in [1.54, 1.807) is 30.3 Å². The Hall–Kier alpha value is -2.91. The highest BCUT2D eigenvalue weighted by Crippen LogP contribution is 2.25. The number of carbonyl (C=O) groups excluding carboxylic acids is 2. The van der Waals surface area contributed by atoms with Gasteiger partial charge in [-0.2, -0.15) is 4.31 Å². The van der Waals surface area contributed by atoms with Gasteiger partial charge < -0.3 is 10.2 Å². The van der Waals surface area contributed by atoms with Crippen LogP contribution >= 0.6 is 23.2 Å². The van der Waals surface area contributed by atoms with Crippen molar-refractivity contribution in [1.29, 1.82) is 0 Å². The van der Waals surface area contributed by atoms with Crippen LogP contribution in [0.4, 0.5) is 0 Å². The van der Waals surface area contributed by atoms with Crippen LogP contribution in [-0.2, 0) is 32.6 Å². The van der Waals surface area contributed by atoms with Crippen molar-refractivity contribution >= 4 is 45.0 Å². The van der Waals surface area contributed by atoms with Crippen LogP contribution in [0.5, 0.6) is 0 Å². The predicted octanol–water partition coefficient (Wildman–Crippen LogP) is 5.48. The number of sulfonamides is 1. The number of aryl methyl sites for hydroxylation is 1. The summed E-state index contributed by atoms with van der Waals surface area (Å²) in [4.78, 5) is 29.1. The van der Waals surface area contributed by atoms with Crippen molar-refractivity contribution in [1.82, 2.24) is 14.5 Å². The minimum atomic E-state index is -3.96. The summed E-state index contributed by atoms with van der Waals surface area (Å²) < 4.78 is 27.5. The maximum atomic E-state index is 13.9. The summed E-state index contributed by atoms with van der Waals surface area (Å²) in [6.07, 6.45) is 0.226. The van der Waals surface area contributed by atoms with E-state index >= 15 is 0 Å². The van der Waals surface area contributed by atoms with E-state index < -0.39 is 34.1 Å². The van der Waals surface area contributed by atoms with E-state index in [4.69, 9.17) is 23.2 Å². The van der Waals surface area contributed by atoms with Crippen molar-refractivity contribution in [3.63, 3.8) is 0 Å². The van der Waals surface area contributed by atoms with Crippen molar-refractivity contribution in [2.75, 3.05) is 13.6 Å². The monoisotopic (exact) mass is 603 g/mol. The van der Waals surface area contributed by atoms with Gasteiger partial charge in [0.2, 0.25) is 21.8 Å². The highest BCUT2D eigenvalue weighted by atomic mass is 35.5. The van der Waals surface area contributed by atoms with Gasteiger partial charge in [-0.05, 0) is 63.1 Å². The molecule has 0 aliphatic rings. The fourth-order valence-electron chi connectivity index (χ4n) is 4.10. The SMILES string of the molecule is Cc1ccc(S(=O)(=O)N(C)CC(=O)N(Cc2ccc(Cl)c(Cl)c2)[C@H](Cc2ccccc2)C(=O)NC(C)(C)C)cc1. The molecule has 214 valence electrons. The second-order valence-corrected chi connectivity index (χ2v) is 13.6. The normalized spacial score (nSPS) is 12.7. The zero-order valence-corrected chi connectivity index (χ0v) is 25.6. The first-order valence-corrected chi connectivity index (χ1v) is 15.0. The predicted molar refractivity (Wildman–Crippen MR) is 160 cm³/mol. The summed E-state index contributed by atoms with van der Waals surface area (Å²) in [5.74, 6) is -0.886. The first-order chi connectivity index (χ1) is 18.7. The molecular formula is C30H35Cl2N3O4S. The molecule has 2 amide bonds. The molecule has 0 aliphatic heterocycles. The van der Waals surface area contributed by atoms with E-state index in [2.05, 4.69) is 5.32 Å². The third-order valence-electron chi connectivity index (χ3n) is 6.19. The van der Waals surface area contributed by atoms with Gasteiger partial charge in [0.15, 0.2) is 0 Å². The van der Waals surface area contributed by atoms with E-state index in [-0.39, 0.29) is 23.8 Å². The third kappa shape index (κ3) is 8.54. The number of rotatable bonds is 10. The van der Waals surface area contributed by atoms with Crippen molar-refractivity contribution < 1.29 is 18.0 Å². The number of nitrogens with zero attached hydrogens (tertiary/aromatic N) is 2. The van der Waals surface area contributed by atoms with Crippen LogP contribution in [0.2, 0.25) is 10.0 Å². The van der Waals surface area contributed by atoms with Crippen LogP contribution in [0, 0.1) is 6.92 Å². The number of carbonyl (C=O) groups is 2. The maximum absolute atomic E-state index is 13.9. The molecular weight excluding hydrogens is 569 g/mol. The Morgan fingerprint density at radius 2 is 1.52 bits per heavy atom. The van der Waals surface area contributed by atoms with Gasteiger partial charge in [-0.25, -0.2) is 8.42 Å². The molecule has 0 bridgehead atoms. The molecule has 3 aromatic carbocycles. The van der Waals surface area contributed by atoms with Crippen LogP contribution < -0.4 is 5.32 Å². The summed E-state index contributed by atoms with van der Waals surface area (Å²) in [6.45, 7) is 6.99. The molecule has 0 aliphatic carbocycles. The van der Waals surface area contributed by atoms with Crippen LogP contribution in [0.3, 0.4) is 0 Å². The van der Waals surface area contributed by atoms with Crippen LogP contribution in [0.25, 0.3) is 0 Å². The van der Waals surface area contributed by atoms with Crippen LogP contribution in [0.15, 0.2) is 77.7 Å². The summed E-state index contributed by atoms with van der Waals surface area (Å²) in [7, 11) is -2.60. The fourth-order valence-corrected chi connectivity index (χ4v) is 5.54. The van der Waals surface area contributed by atoms with Crippen LogP contribution in [-0.4, -0.2) is 54.6 Å². The van der Waals surface area contributed by atoms with Gasteiger partial charge in [0.25, 0.3) is 0 Å². The lowest BCUT2D eigenvalue weighted by atomic mass is 10.0. The van der Waals surface area contributed by atoms with E-state index in [0.29, 0.717) is 15.6 Å². The van der Waals surface area contributed by atoms with E-state index in [0.717, 1.165) is 15.4 Å². The molecule has 0 fully saturated rings. The number of hydrogen-bond donors (Lipinski definition) is 1. The molecule has 7 nitrogen and oxygen atoms in total. The first-order valence-electron chi connectivity index (χ1n) is 12.8. The van der Waals surface area contributed by atoms with Gasteiger partial charge in [-0.15, -0.1) is 0 Å². The fraction of sp³-hybridized carbons (Fsp3) is 0.333. The molecule has 0 radical (unpaired) electrons. The highest BCUT2D eigenvalue weighted by Gasteiger charge is 2.34. The zero-order chi connectivity index (χ0) is 29.7. The summed E-state index contributed by atoms with van der Waals surface area (Å²) >= 11 is 12.4. The lowest BCUT2D eigenvalue weighted by molar-refractivity contribution is -0.141. The molecule has 0 heterocycles. The Morgan fingerprint density at radius 3 is 2.10 bits per heavy atom. The summed E-state index contributed by atoms with van der Waals surface area (Å²) in [5.41, 5.74) is 1.85. The van der Waals surface area contributed by atoms with Gasteiger partial charge in [0, 0.05) is 25.6 Å². The third-order valence-corrected chi connectivity index (χ3v) is 8.75. The Balaban J connectivity index is 2.01. The second kappa shape index (κ2) is 13.2. The summed E-state index contributed by atoms with van der Waals surface area (Å²) in [6, 6.07) is 19.8. The molecule has 0 spiro atoms. The standard InChI is InChI=1S/C30H35Cl2N3O4S/c1-21-11-14-24(15-12-21)40(38,39)34(5)20-28(36)35(19-23-13-16-25(31)26(32)17-23)27(29(37)33-30(2,3)4)18-22-9-7-6-8-10-22/h6-17,27H,18-20H2,1-5H3,(H,33,37)/t27-/m1/s1. The van der Waals surface area contributed by atoms with Gasteiger partial charge in [-0.1, -0.05) is 77.3 Å². The van der Waals surface area contributed by atoms with Crippen molar-refractivity contribution in [2.24, 2.45) is 0 Å². The quantitative estimate of drug-likeness (QED) is 0.332. The molecule has 3 aromatic rings. The number of amides is 2. The number of benzene rings is 3. The molecule has 1 atom stereocenters. The van der Waals surface area contributed by atoms with Crippen molar-refractivity contribution in [2.45, 2.75) is 57.1 Å². The Bertz CT molecular complexity index is 1440. The molecule has 0 saturated heterocycles. The zero-order valence-electron chi connectivity index (χ0n) is 23.3. The van der Waals surface area contributed by atoms with E-state index in [9.17, 15) is 18.0 Å². The molecule has 10 heteroatoms. The summed E-state index contributed by atoms with van der Waals surface area (Å²) in [5, 5.41) is 3.65. The van der Waals surface area contributed by atoms with Crippen molar-refractivity contribution in [3.8, 4) is 0 Å². The maximum Gasteiger partial charge on any atom is 0.243 e. The molecule has 0 aromatic heterocycles. The smallest absolute Gasteiger partial charge is 0.243 e. The molecule has 1 N–H and O–H groups in total. The minimum absolute atomic E-state index is 0.0171. The highest BCUT2D eigenvalue weighted by molar-refractivity contribution is 7.89. The molecule has 0 saturated carbocycles. The largest absolute Gasteiger partial charge is 0.350 e. The lowest BCUT2D eigenvalue weighted by Gasteiger charge is -2.34. The topological polar surface area (TPSA) is 86.8 Å². The van der Waals surface area contributed by atoms with Crippen LogP contribution in [0.1, 0.15) is 37.5 Å². The lowest BCUT2D eigenvalue weighted by Crippen LogP contribution is -2.56. The van der Waals surface area contributed by atoms with Gasteiger partial charge in [0.1, 0.15) is 6.04 Å². The molecule has 40 heavy (non-hydrogen) atoms. The van der Waals surface area contributed by atoms with Gasteiger partial charge in [-0.3, -0.25) is 9.59 Å². The Morgan fingerprint density at radius 1 is 0.900 bits per heavy atom. The average molecular weight is 605 g/mol. The Kier molecular flexibility index (Phi) is 10.4. The molecule has 0 unspecified atom stereocenters. The number of hydrogen-bond acceptors (Lipinski definition) is 4.